The second-order valence-corrected chi connectivity index (χ2v) is 5.24. The van der Waals surface area contributed by atoms with E-state index in [2.05, 4.69) is 4.74 Å². The summed E-state index contributed by atoms with van der Waals surface area (Å²) in [4.78, 5) is 44.3. The van der Waals surface area contributed by atoms with Gasteiger partial charge < -0.3 is 19.7 Å². The predicted molar refractivity (Wildman–Crippen MR) is 64.4 cm³/mol. The minimum absolute atomic E-state index is 0.865. The number of carbonyl (C=O) groups excluding carboxylic acids is 3. The maximum absolute atomic E-state index is 11.5. The molecule has 1 unspecified atom stereocenters. The Labute approximate surface area is 115 Å². The van der Waals surface area contributed by atoms with Crippen molar-refractivity contribution in [3.8, 4) is 0 Å². The van der Waals surface area contributed by atoms with Crippen LogP contribution in [-0.2, 0) is 28.7 Å². The molecule has 0 aliphatic rings. The molecule has 0 aromatic rings. The molecule has 2 N–H and O–H groups in total. The van der Waals surface area contributed by atoms with Gasteiger partial charge in [0.2, 0.25) is 0 Å². The van der Waals surface area contributed by atoms with Crippen LogP contribution in [-0.4, -0.2) is 45.3 Å². The van der Waals surface area contributed by atoms with Gasteiger partial charge in [-0.1, -0.05) is 0 Å². The molecule has 8 nitrogen and oxygen atoms in total. The number of esters is 3. The van der Waals surface area contributed by atoms with Gasteiger partial charge in [0, 0.05) is 6.92 Å². The number of carboxylic acids is 1. The molecular formula is C12H18O8. The maximum Gasteiger partial charge on any atom is 0.336 e. The Balaban J connectivity index is 4.86. The third kappa shape index (κ3) is 6.83. The molecule has 0 heterocycles. The summed E-state index contributed by atoms with van der Waals surface area (Å²) in [6, 6.07) is 0. The van der Waals surface area contributed by atoms with Crippen molar-refractivity contribution in [2.75, 3.05) is 0 Å². The summed E-state index contributed by atoms with van der Waals surface area (Å²) < 4.78 is 8.99. The van der Waals surface area contributed by atoms with Crippen LogP contribution in [0, 0.1) is 0 Å². The highest BCUT2D eigenvalue weighted by atomic mass is 16.6. The number of carboxylic acid groups (broad SMARTS) is 1. The first kappa shape index (κ1) is 18.0. The number of ether oxygens (including phenoxy) is 2. The monoisotopic (exact) mass is 290 g/mol. The molecule has 0 aromatic heterocycles. The molecule has 0 spiro atoms. The highest BCUT2D eigenvalue weighted by Crippen LogP contribution is 2.20. The molecule has 0 rings (SSSR count). The van der Waals surface area contributed by atoms with Crippen molar-refractivity contribution in [3.05, 3.63) is 0 Å². The van der Waals surface area contributed by atoms with E-state index in [0.29, 0.717) is 0 Å². The minimum atomic E-state index is -2.69. The van der Waals surface area contributed by atoms with Gasteiger partial charge in [-0.25, -0.2) is 4.79 Å². The topological polar surface area (TPSA) is 127 Å². The fourth-order valence-corrected chi connectivity index (χ4v) is 1.27. The standard InChI is InChI=1S/C12H18O8/c1-7(13)19-8(14)5-12(18,10(16)17)6-9(15)20-11(2,3)4/h18H,5-6H2,1-4H3,(H,16,17). The van der Waals surface area contributed by atoms with Gasteiger partial charge in [0.25, 0.3) is 0 Å². The molecule has 0 fully saturated rings. The van der Waals surface area contributed by atoms with E-state index in [1.54, 1.807) is 20.8 Å². The van der Waals surface area contributed by atoms with E-state index in [1.165, 1.54) is 0 Å². The fourth-order valence-electron chi connectivity index (χ4n) is 1.27. The summed E-state index contributed by atoms with van der Waals surface area (Å²) >= 11 is 0. The number of hydrogen-bond donors (Lipinski definition) is 2. The quantitative estimate of drug-likeness (QED) is 0.535. The van der Waals surface area contributed by atoms with Gasteiger partial charge in [-0.2, -0.15) is 0 Å². The molecule has 114 valence electrons. The van der Waals surface area contributed by atoms with E-state index in [1.807, 2.05) is 0 Å². The van der Waals surface area contributed by atoms with Crippen LogP contribution in [0.3, 0.4) is 0 Å². The highest BCUT2D eigenvalue weighted by Gasteiger charge is 2.42. The Kier molecular flexibility index (Phi) is 5.83. The van der Waals surface area contributed by atoms with Crippen LogP contribution in [0.1, 0.15) is 40.5 Å². The van der Waals surface area contributed by atoms with Crippen LogP contribution in [0.5, 0.6) is 0 Å². The van der Waals surface area contributed by atoms with Gasteiger partial charge in [-0.3, -0.25) is 14.4 Å². The van der Waals surface area contributed by atoms with Gasteiger partial charge in [0.15, 0.2) is 5.60 Å². The van der Waals surface area contributed by atoms with Crippen LogP contribution < -0.4 is 0 Å². The molecule has 0 bridgehead atoms. The predicted octanol–water partition coefficient (Wildman–Crippen LogP) is 0.0137. The summed E-state index contributed by atoms with van der Waals surface area (Å²) in [5.74, 6) is -4.96. The lowest BCUT2D eigenvalue weighted by Crippen LogP contribution is -2.44. The van der Waals surface area contributed by atoms with Crippen LogP contribution in [0.4, 0.5) is 0 Å². The van der Waals surface area contributed by atoms with Crippen LogP contribution in [0.25, 0.3) is 0 Å². The third-order valence-electron chi connectivity index (χ3n) is 1.95. The fraction of sp³-hybridized carbons (Fsp3) is 0.667. The van der Waals surface area contributed by atoms with Gasteiger partial charge in [0.05, 0.1) is 12.8 Å². The van der Waals surface area contributed by atoms with Crippen molar-refractivity contribution in [3.63, 3.8) is 0 Å². The Morgan fingerprint density at radius 1 is 1.00 bits per heavy atom. The zero-order chi connectivity index (χ0) is 16.1. The molecule has 0 aliphatic carbocycles. The van der Waals surface area contributed by atoms with E-state index in [9.17, 15) is 24.3 Å². The number of aliphatic hydroxyl groups is 1. The molecule has 8 heteroatoms. The van der Waals surface area contributed by atoms with E-state index in [4.69, 9.17) is 9.84 Å². The lowest BCUT2D eigenvalue weighted by Gasteiger charge is -2.24. The molecule has 0 aliphatic heterocycles. The number of rotatable bonds is 5. The summed E-state index contributed by atoms with van der Waals surface area (Å²) in [5.41, 5.74) is -3.55. The average molecular weight is 290 g/mol. The normalized spacial score (nSPS) is 14.1. The summed E-state index contributed by atoms with van der Waals surface area (Å²) in [6.45, 7) is 5.64. The van der Waals surface area contributed by atoms with Crippen molar-refractivity contribution in [1.29, 1.82) is 0 Å². The molecule has 0 saturated carbocycles. The first-order chi connectivity index (χ1) is 8.85. The molecule has 0 radical (unpaired) electrons. The second kappa shape index (κ2) is 6.47. The van der Waals surface area contributed by atoms with Crippen molar-refractivity contribution in [2.24, 2.45) is 0 Å². The van der Waals surface area contributed by atoms with Crippen molar-refractivity contribution >= 4 is 23.9 Å². The van der Waals surface area contributed by atoms with Gasteiger partial charge in [-0.05, 0) is 20.8 Å². The van der Waals surface area contributed by atoms with Crippen molar-refractivity contribution in [1.82, 2.24) is 0 Å². The Hall–Kier alpha value is -1.96. The zero-order valence-electron chi connectivity index (χ0n) is 11.8. The van der Waals surface area contributed by atoms with E-state index in [0.717, 1.165) is 6.92 Å². The summed E-state index contributed by atoms with van der Waals surface area (Å²) in [6.07, 6.45) is -1.98. The van der Waals surface area contributed by atoms with Gasteiger partial charge in [-0.15, -0.1) is 0 Å². The Bertz CT molecular complexity index is 420. The van der Waals surface area contributed by atoms with Crippen LogP contribution >= 0.6 is 0 Å². The van der Waals surface area contributed by atoms with Crippen molar-refractivity contribution in [2.45, 2.75) is 51.7 Å². The second-order valence-electron chi connectivity index (χ2n) is 5.24. The largest absolute Gasteiger partial charge is 0.479 e. The van der Waals surface area contributed by atoms with Crippen molar-refractivity contribution < 1.29 is 38.9 Å². The average Bonchev–Trinajstić information content (AvgIpc) is 2.10. The van der Waals surface area contributed by atoms with Crippen LogP contribution in [0.15, 0.2) is 0 Å². The van der Waals surface area contributed by atoms with Gasteiger partial charge in [0.1, 0.15) is 5.60 Å². The first-order valence-corrected chi connectivity index (χ1v) is 5.74. The molecular weight excluding hydrogens is 272 g/mol. The third-order valence-corrected chi connectivity index (χ3v) is 1.95. The summed E-state index contributed by atoms with van der Waals surface area (Å²) in [5, 5.41) is 18.7. The lowest BCUT2D eigenvalue weighted by molar-refractivity contribution is -0.177. The van der Waals surface area contributed by atoms with E-state index in [-0.39, 0.29) is 0 Å². The molecule has 20 heavy (non-hydrogen) atoms. The van der Waals surface area contributed by atoms with E-state index >= 15 is 0 Å². The molecule has 0 saturated heterocycles. The summed E-state index contributed by atoms with van der Waals surface area (Å²) in [7, 11) is 0. The number of carbonyl (C=O) groups is 4. The lowest BCUT2D eigenvalue weighted by atomic mass is 9.95. The SMILES string of the molecule is CC(=O)OC(=O)CC(O)(CC(=O)OC(C)(C)C)C(=O)O. The van der Waals surface area contributed by atoms with E-state index < -0.39 is 47.9 Å². The highest BCUT2D eigenvalue weighted by molar-refractivity contribution is 5.92. The molecule has 0 amide bonds. The van der Waals surface area contributed by atoms with Crippen LogP contribution in [0.2, 0.25) is 0 Å². The maximum atomic E-state index is 11.5. The number of aliphatic carboxylic acids is 1. The molecule has 1 atom stereocenters. The minimum Gasteiger partial charge on any atom is -0.479 e. The smallest absolute Gasteiger partial charge is 0.336 e. The zero-order valence-corrected chi connectivity index (χ0v) is 11.8. The Morgan fingerprint density at radius 3 is 1.80 bits per heavy atom. The Morgan fingerprint density at radius 2 is 1.45 bits per heavy atom. The first-order valence-electron chi connectivity index (χ1n) is 5.74. The van der Waals surface area contributed by atoms with Gasteiger partial charge >= 0.3 is 23.9 Å². The number of hydrogen-bond acceptors (Lipinski definition) is 7. The molecule has 0 aromatic carbocycles.